The molecule has 7 nitrogen and oxygen atoms in total. The van der Waals surface area contributed by atoms with Crippen LogP contribution in [0.3, 0.4) is 0 Å². The van der Waals surface area contributed by atoms with Crippen molar-refractivity contribution in [2.45, 2.75) is 76.4 Å². The highest BCUT2D eigenvalue weighted by molar-refractivity contribution is 7.92. The largest absolute Gasteiger partial charge is 0.352 e. The zero-order valence-corrected chi connectivity index (χ0v) is 24.7. The molecule has 1 aliphatic rings. The molecule has 1 unspecified atom stereocenters. The molecule has 0 bridgehead atoms. The van der Waals surface area contributed by atoms with Crippen LogP contribution in [-0.2, 0) is 26.2 Å². The van der Waals surface area contributed by atoms with Crippen molar-refractivity contribution < 1.29 is 22.4 Å². The van der Waals surface area contributed by atoms with Crippen LogP contribution in [0.2, 0.25) is 0 Å². The molecule has 1 saturated carbocycles. The number of hydrogen-bond acceptors (Lipinski definition) is 4. The molecule has 1 aliphatic carbocycles. The number of sulfonamides is 1. The summed E-state index contributed by atoms with van der Waals surface area (Å²) in [4.78, 5) is 29.2. The number of hydrogen-bond donors (Lipinski definition) is 1. The summed E-state index contributed by atoms with van der Waals surface area (Å²) in [5, 5.41) is 3.09. The van der Waals surface area contributed by atoms with E-state index in [1.807, 2.05) is 26.8 Å². The van der Waals surface area contributed by atoms with Gasteiger partial charge in [-0.1, -0.05) is 62.2 Å². The van der Waals surface area contributed by atoms with Crippen LogP contribution in [0.15, 0.2) is 77.7 Å². The predicted octanol–water partition coefficient (Wildman–Crippen LogP) is 5.50. The Morgan fingerprint density at radius 1 is 0.951 bits per heavy atom. The SMILES string of the molecule is CCC(C(=O)NC1CCCC1)N(Cc1ccc(F)cc1)C(=O)CN(c1cccc(C)c1C)S(=O)(=O)c1ccccc1. The Bertz CT molecular complexity index is 1460. The van der Waals surface area contributed by atoms with E-state index in [1.165, 1.54) is 29.2 Å². The standard InChI is InChI=1S/C32H38FN3O4S/c1-4-29(32(38)34-27-12-8-9-13-27)35(21-25-17-19-26(33)20-18-25)31(37)22-36(30-16-10-11-23(2)24(30)3)41(39,40)28-14-6-5-7-15-28/h5-7,10-11,14-20,27,29H,4,8-9,12-13,21-22H2,1-3H3,(H,34,38). The first-order valence-corrected chi connectivity index (χ1v) is 15.5. The van der Waals surface area contributed by atoms with Gasteiger partial charge in [0.2, 0.25) is 11.8 Å². The Hall–Kier alpha value is -3.72. The smallest absolute Gasteiger partial charge is 0.264 e. The van der Waals surface area contributed by atoms with Gasteiger partial charge in [-0.25, -0.2) is 12.8 Å². The zero-order valence-electron chi connectivity index (χ0n) is 23.8. The van der Waals surface area contributed by atoms with Crippen molar-refractivity contribution in [3.8, 4) is 0 Å². The van der Waals surface area contributed by atoms with E-state index in [0.717, 1.165) is 41.1 Å². The van der Waals surface area contributed by atoms with Crippen LogP contribution in [0.1, 0.15) is 55.7 Å². The highest BCUT2D eigenvalue weighted by atomic mass is 32.2. The molecule has 1 N–H and O–H groups in total. The number of anilines is 1. The molecule has 1 atom stereocenters. The molecular weight excluding hydrogens is 541 g/mol. The fraction of sp³-hybridized carbons (Fsp3) is 0.375. The summed E-state index contributed by atoms with van der Waals surface area (Å²) in [6.07, 6.45) is 4.21. The lowest BCUT2D eigenvalue weighted by Gasteiger charge is -2.34. The molecule has 3 aromatic rings. The first kappa shape index (κ1) is 30.2. The van der Waals surface area contributed by atoms with Crippen LogP contribution in [0, 0.1) is 19.7 Å². The number of amides is 2. The molecule has 2 amide bonds. The maximum Gasteiger partial charge on any atom is 0.264 e. The number of nitrogens with one attached hydrogen (secondary N) is 1. The van der Waals surface area contributed by atoms with E-state index in [4.69, 9.17) is 0 Å². The second kappa shape index (κ2) is 13.3. The van der Waals surface area contributed by atoms with Crippen molar-refractivity contribution in [2.24, 2.45) is 0 Å². The first-order chi connectivity index (χ1) is 19.6. The van der Waals surface area contributed by atoms with Gasteiger partial charge >= 0.3 is 0 Å². The quantitative estimate of drug-likeness (QED) is 0.325. The molecule has 1 fully saturated rings. The van der Waals surface area contributed by atoms with E-state index in [0.29, 0.717) is 17.7 Å². The summed E-state index contributed by atoms with van der Waals surface area (Å²) >= 11 is 0. The van der Waals surface area contributed by atoms with Crippen molar-refractivity contribution >= 4 is 27.5 Å². The highest BCUT2D eigenvalue weighted by Crippen LogP contribution is 2.29. The summed E-state index contributed by atoms with van der Waals surface area (Å²) in [6, 6.07) is 18.3. The van der Waals surface area contributed by atoms with Gasteiger partial charge in [-0.2, -0.15) is 0 Å². The van der Waals surface area contributed by atoms with Gasteiger partial charge in [-0.3, -0.25) is 13.9 Å². The van der Waals surface area contributed by atoms with Crippen LogP contribution >= 0.6 is 0 Å². The van der Waals surface area contributed by atoms with E-state index in [-0.39, 0.29) is 23.4 Å². The summed E-state index contributed by atoms with van der Waals surface area (Å²) in [5.41, 5.74) is 2.65. The van der Waals surface area contributed by atoms with Gasteiger partial charge in [0.25, 0.3) is 10.0 Å². The van der Waals surface area contributed by atoms with Gasteiger partial charge < -0.3 is 10.2 Å². The second-order valence-electron chi connectivity index (χ2n) is 10.6. The Morgan fingerprint density at radius 2 is 1.61 bits per heavy atom. The molecule has 4 rings (SSSR count). The third-order valence-corrected chi connectivity index (χ3v) is 9.58. The van der Waals surface area contributed by atoms with Crippen molar-refractivity contribution in [3.63, 3.8) is 0 Å². The number of halogens is 1. The van der Waals surface area contributed by atoms with Crippen LogP contribution in [0.4, 0.5) is 10.1 Å². The van der Waals surface area contributed by atoms with Crippen molar-refractivity contribution in [3.05, 3.63) is 95.3 Å². The predicted molar refractivity (Wildman–Crippen MR) is 158 cm³/mol. The third-order valence-electron chi connectivity index (χ3n) is 7.81. The molecule has 0 radical (unpaired) electrons. The minimum Gasteiger partial charge on any atom is -0.352 e. The summed E-state index contributed by atoms with van der Waals surface area (Å²) in [6.45, 7) is 5.06. The second-order valence-corrected chi connectivity index (χ2v) is 12.5. The highest BCUT2D eigenvalue weighted by Gasteiger charge is 2.35. The first-order valence-electron chi connectivity index (χ1n) is 14.1. The van der Waals surface area contributed by atoms with Gasteiger partial charge in [0.1, 0.15) is 18.4 Å². The molecule has 0 aliphatic heterocycles. The Kier molecular flexibility index (Phi) is 9.81. The van der Waals surface area contributed by atoms with E-state index in [2.05, 4.69) is 5.32 Å². The van der Waals surface area contributed by atoms with Gasteiger partial charge in [-0.15, -0.1) is 0 Å². The minimum atomic E-state index is -4.14. The maximum atomic E-state index is 14.2. The van der Waals surface area contributed by atoms with Crippen molar-refractivity contribution in [1.82, 2.24) is 10.2 Å². The molecule has 0 heterocycles. The molecule has 3 aromatic carbocycles. The monoisotopic (exact) mass is 579 g/mol. The number of rotatable bonds is 11. The summed E-state index contributed by atoms with van der Waals surface area (Å²) < 4.78 is 42.8. The summed E-state index contributed by atoms with van der Waals surface area (Å²) in [7, 11) is -4.14. The molecule has 0 spiro atoms. The van der Waals surface area contributed by atoms with Crippen LogP contribution in [0.5, 0.6) is 0 Å². The minimum absolute atomic E-state index is 0.0295. The van der Waals surface area contributed by atoms with Gasteiger partial charge in [-0.05, 0) is 80.1 Å². The van der Waals surface area contributed by atoms with Crippen LogP contribution in [-0.4, -0.2) is 43.8 Å². The summed E-state index contributed by atoms with van der Waals surface area (Å²) in [5.74, 6) is -1.20. The Balaban J connectivity index is 1.73. The fourth-order valence-corrected chi connectivity index (χ4v) is 6.81. The van der Waals surface area contributed by atoms with Gasteiger partial charge in [0, 0.05) is 12.6 Å². The maximum absolute atomic E-state index is 14.2. The van der Waals surface area contributed by atoms with E-state index in [9.17, 15) is 22.4 Å². The lowest BCUT2D eigenvalue weighted by molar-refractivity contribution is -0.140. The number of nitrogens with zero attached hydrogens (tertiary/aromatic N) is 2. The lowest BCUT2D eigenvalue weighted by atomic mass is 10.1. The average Bonchev–Trinajstić information content (AvgIpc) is 3.47. The fourth-order valence-electron chi connectivity index (χ4n) is 5.31. The van der Waals surface area contributed by atoms with Gasteiger partial charge in [0.05, 0.1) is 10.6 Å². The molecular formula is C32H38FN3O4S. The normalized spacial score (nSPS) is 14.4. The molecule has 0 aromatic heterocycles. The molecule has 41 heavy (non-hydrogen) atoms. The zero-order chi connectivity index (χ0) is 29.6. The van der Waals surface area contributed by atoms with Crippen molar-refractivity contribution in [2.75, 3.05) is 10.8 Å². The average molecular weight is 580 g/mol. The number of carbonyl (C=O) groups excluding carboxylic acids is 2. The molecule has 9 heteroatoms. The van der Waals surface area contributed by atoms with E-state index in [1.54, 1.807) is 42.5 Å². The number of carbonyl (C=O) groups is 2. The van der Waals surface area contributed by atoms with E-state index < -0.39 is 34.3 Å². The number of benzene rings is 3. The molecule has 0 saturated heterocycles. The topological polar surface area (TPSA) is 86.8 Å². The Labute approximate surface area is 242 Å². The third kappa shape index (κ3) is 7.14. The van der Waals surface area contributed by atoms with Gasteiger partial charge in [0.15, 0.2) is 0 Å². The van der Waals surface area contributed by atoms with E-state index >= 15 is 0 Å². The molecule has 218 valence electrons. The van der Waals surface area contributed by atoms with Crippen LogP contribution in [0.25, 0.3) is 0 Å². The van der Waals surface area contributed by atoms with Crippen molar-refractivity contribution in [1.29, 1.82) is 0 Å². The number of aryl methyl sites for hydroxylation is 1. The Morgan fingerprint density at radius 3 is 2.24 bits per heavy atom. The van der Waals surface area contributed by atoms with Crippen LogP contribution < -0.4 is 9.62 Å². The lowest BCUT2D eigenvalue weighted by Crippen LogP contribution is -2.53.